The third kappa shape index (κ3) is 3.51. The Kier molecular flexibility index (Phi) is 4.57. The molecule has 0 saturated carbocycles. The highest BCUT2D eigenvalue weighted by atomic mass is 16.2. The van der Waals surface area contributed by atoms with Gasteiger partial charge < -0.3 is 9.88 Å². The fraction of sp³-hybridized carbons (Fsp3) is 0.150. The van der Waals surface area contributed by atoms with Crippen molar-refractivity contribution in [3.05, 3.63) is 84.6 Å². The Bertz CT molecular complexity index is 805. The first-order chi connectivity index (χ1) is 11.3. The van der Waals surface area contributed by atoms with Crippen LogP contribution in [0.4, 0.5) is 0 Å². The topological polar surface area (TPSA) is 36.1 Å². The Labute approximate surface area is 136 Å². The van der Waals surface area contributed by atoms with Gasteiger partial charge in [-0.25, -0.2) is 0 Å². The lowest BCUT2D eigenvalue weighted by atomic mass is 10.1. The normalized spacial score (nSPS) is 10.6. The minimum atomic E-state index is -0.0336. The molecular weight excluding hydrogens is 284 g/mol. The second-order valence-corrected chi connectivity index (χ2v) is 5.56. The summed E-state index contributed by atoms with van der Waals surface area (Å²) in [4.78, 5) is 17.3. The highest BCUT2D eigenvalue weighted by Gasteiger charge is 2.12. The number of hydrogen-bond acceptors (Lipinski definition) is 1. The molecule has 0 bridgehead atoms. The van der Waals surface area contributed by atoms with Crippen molar-refractivity contribution in [1.29, 1.82) is 0 Å². The van der Waals surface area contributed by atoms with Gasteiger partial charge in [0.15, 0.2) is 0 Å². The quantitative estimate of drug-likeness (QED) is 0.688. The van der Waals surface area contributed by atoms with E-state index in [0.717, 1.165) is 17.5 Å². The van der Waals surface area contributed by atoms with Gasteiger partial charge in [0.25, 0.3) is 0 Å². The highest BCUT2D eigenvalue weighted by Crippen LogP contribution is 2.18. The fourth-order valence-electron chi connectivity index (χ4n) is 2.79. The number of rotatable bonds is 6. The molecule has 2 aromatic carbocycles. The van der Waals surface area contributed by atoms with E-state index in [1.807, 2.05) is 53.6 Å². The van der Waals surface area contributed by atoms with Crippen LogP contribution < -0.4 is 0 Å². The molecule has 0 spiro atoms. The highest BCUT2D eigenvalue weighted by molar-refractivity contribution is 5.87. The van der Waals surface area contributed by atoms with E-state index < -0.39 is 0 Å². The summed E-state index contributed by atoms with van der Waals surface area (Å²) in [6.45, 7) is 4.89. The molecule has 1 amide bonds. The van der Waals surface area contributed by atoms with Crippen LogP contribution in [0, 0.1) is 0 Å². The molecule has 0 saturated heterocycles. The number of fused-ring (bicyclic) bond motifs is 1. The Balaban J connectivity index is 1.74. The van der Waals surface area contributed by atoms with Gasteiger partial charge in [0.2, 0.25) is 5.91 Å². The predicted octanol–water partition coefficient (Wildman–Crippen LogP) is 3.93. The van der Waals surface area contributed by atoms with E-state index in [0.29, 0.717) is 13.1 Å². The molecule has 116 valence electrons. The van der Waals surface area contributed by atoms with E-state index in [-0.39, 0.29) is 5.91 Å². The van der Waals surface area contributed by atoms with Crippen LogP contribution in [0.1, 0.15) is 11.1 Å². The van der Waals surface area contributed by atoms with Crippen LogP contribution in [0.2, 0.25) is 0 Å². The number of para-hydroxylation sites is 1. The van der Waals surface area contributed by atoms with Crippen LogP contribution in [0.15, 0.2) is 73.4 Å². The van der Waals surface area contributed by atoms with Crippen molar-refractivity contribution in [1.82, 2.24) is 9.88 Å². The number of aromatic amines is 1. The fourth-order valence-corrected chi connectivity index (χ4v) is 2.79. The summed E-state index contributed by atoms with van der Waals surface area (Å²) < 4.78 is 0. The average molecular weight is 304 g/mol. The molecule has 1 heterocycles. The first-order valence-electron chi connectivity index (χ1n) is 7.78. The van der Waals surface area contributed by atoms with Gasteiger partial charge in [-0.2, -0.15) is 0 Å². The maximum Gasteiger partial charge on any atom is 0.246 e. The molecule has 0 radical (unpaired) electrons. The summed E-state index contributed by atoms with van der Waals surface area (Å²) in [5, 5.41) is 1.22. The molecule has 1 aromatic heterocycles. The molecule has 1 N–H and O–H groups in total. The summed E-state index contributed by atoms with van der Waals surface area (Å²) in [6, 6.07) is 18.3. The van der Waals surface area contributed by atoms with Gasteiger partial charge in [-0.3, -0.25) is 4.79 Å². The van der Waals surface area contributed by atoms with Crippen LogP contribution in [0.5, 0.6) is 0 Å². The lowest BCUT2D eigenvalue weighted by molar-refractivity contribution is -0.126. The van der Waals surface area contributed by atoms with Crippen LogP contribution >= 0.6 is 0 Å². The lowest BCUT2D eigenvalue weighted by Gasteiger charge is -2.21. The summed E-state index contributed by atoms with van der Waals surface area (Å²) in [5.74, 6) is -0.0336. The molecule has 0 aliphatic rings. The molecule has 3 heteroatoms. The first kappa shape index (κ1) is 15.1. The molecule has 23 heavy (non-hydrogen) atoms. The van der Waals surface area contributed by atoms with Crippen LogP contribution in [0.3, 0.4) is 0 Å². The molecule has 0 atom stereocenters. The van der Waals surface area contributed by atoms with Gasteiger partial charge in [-0.05, 0) is 29.7 Å². The van der Waals surface area contributed by atoms with Gasteiger partial charge in [-0.15, -0.1) is 0 Å². The molecule has 0 fully saturated rings. The van der Waals surface area contributed by atoms with Crippen LogP contribution in [0.25, 0.3) is 10.9 Å². The maximum absolute atomic E-state index is 12.1. The molecule has 3 aromatic rings. The summed E-state index contributed by atoms with van der Waals surface area (Å²) in [7, 11) is 0. The van der Waals surface area contributed by atoms with Gasteiger partial charge >= 0.3 is 0 Å². The summed E-state index contributed by atoms with van der Waals surface area (Å²) >= 11 is 0. The van der Waals surface area contributed by atoms with E-state index in [2.05, 4.69) is 23.7 Å². The second kappa shape index (κ2) is 6.97. The van der Waals surface area contributed by atoms with Crippen molar-refractivity contribution in [2.75, 3.05) is 6.54 Å². The molecule has 0 aliphatic heterocycles. The standard InChI is InChI=1S/C20H20N2O/c1-2-20(23)22(15-16-8-4-3-5-9-16)13-12-17-14-21-19-11-7-6-10-18(17)19/h2-11,14,21H,1,12-13,15H2. The number of amides is 1. The monoisotopic (exact) mass is 304 g/mol. The Morgan fingerprint density at radius 2 is 1.83 bits per heavy atom. The summed E-state index contributed by atoms with van der Waals surface area (Å²) in [5.41, 5.74) is 3.49. The van der Waals surface area contributed by atoms with Crippen molar-refractivity contribution < 1.29 is 4.79 Å². The largest absolute Gasteiger partial charge is 0.361 e. The summed E-state index contributed by atoms with van der Waals surface area (Å²) in [6.07, 6.45) is 4.23. The van der Waals surface area contributed by atoms with E-state index in [4.69, 9.17) is 0 Å². The van der Waals surface area contributed by atoms with Gasteiger partial charge in [0, 0.05) is 30.2 Å². The van der Waals surface area contributed by atoms with Crippen molar-refractivity contribution in [3.8, 4) is 0 Å². The first-order valence-corrected chi connectivity index (χ1v) is 7.78. The number of aromatic nitrogens is 1. The molecule has 0 unspecified atom stereocenters. The third-order valence-electron chi connectivity index (χ3n) is 4.03. The van der Waals surface area contributed by atoms with Crippen LogP contribution in [-0.4, -0.2) is 22.3 Å². The number of nitrogens with one attached hydrogen (secondary N) is 1. The zero-order chi connectivity index (χ0) is 16.1. The van der Waals surface area contributed by atoms with Crippen molar-refractivity contribution >= 4 is 16.8 Å². The minimum Gasteiger partial charge on any atom is -0.361 e. The second-order valence-electron chi connectivity index (χ2n) is 5.56. The number of carbonyl (C=O) groups is 1. The van der Waals surface area contributed by atoms with Crippen molar-refractivity contribution in [2.45, 2.75) is 13.0 Å². The van der Waals surface area contributed by atoms with Crippen molar-refractivity contribution in [3.63, 3.8) is 0 Å². The number of hydrogen-bond donors (Lipinski definition) is 1. The minimum absolute atomic E-state index is 0.0336. The number of nitrogens with zero attached hydrogens (tertiary/aromatic N) is 1. The van der Waals surface area contributed by atoms with Crippen molar-refractivity contribution in [2.24, 2.45) is 0 Å². The van der Waals surface area contributed by atoms with E-state index in [1.165, 1.54) is 17.0 Å². The van der Waals surface area contributed by atoms with E-state index in [9.17, 15) is 4.79 Å². The smallest absolute Gasteiger partial charge is 0.246 e. The number of carbonyl (C=O) groups excluding carboxylic acids is 1. The lowest BCUT2D eigenvalue weighted by Crippen LogP contribution is -2.30. The van der Waals surface area contributed by atoms with E-state index >= 15 is 0 Å². The predicted molar refractivity (Wildman–Crippen MR) is 94.1 cm³/mol. The molecule has 3 rings (SSSR count). The maximum atomic E-state index is 12.1. The Hall–Kier alpha value is -2.81. The third-order valence-corrected chi connectivity index (χ3v) is 4.03. The SMILES string of the molecule is C=CC(=O)N(CCc1c[nH]c2ccccc12)Cc1ccccc1. The van der Waals surface area contributed by atoms with E-state index in [1.54, 1.807) is 0 Å². The van der Waals surface area contributed by atoms with Gasteiger partial charge in [0.1, 0.15) is 0 Å². The van der Waals surface area contributed by atoms with Gasteiger partial charge in [0.05, 0.1) is 0 Å². The zero-order valence-corrected chi connectivity index (χ0v) is 13.0. The Morgan fingerprint density at radius 1 is 1.09 bits per heavy atom. The number of benzene rings is 2. The molecule has 0 aliphatic carbocycles. The molecular formula is C20H20N2O. The average Bonchev–Trinajstić information content (AvgIpc) is 3.02. The zero-order valence-electron chi connectivity index (χ0n) is 13.0. The Morgan fingerprint density at radius 3 is 2.61 bits per heavy atom. The van der Waals surface area contributed by atoms with Gasteiger partial charge in [-0.1, -0.05) is 55.1 Å². The number of H-pyrrole nitrogens is 1. The van der Waals surface area contributed by atoms with Crippen LogP contribution in [-0.2, 0) is 17.8 Å². The molecule has 3 nitrogen and oxygen atoms in total.